The maximum absolute atomic E-state index is 13.2. The Kier molecular flexibility index (Phi) is 7.71. The summed E-state index contributed by atoms with van der Waals surface area (Å²) < 4.78 is 11.7. The first-order valence-corrected chi connectivity index (χ1v) is 9.01. The Labute approximate surface area is 201 Å². The third-order valence-electron chi connectivity index (χ3n) is 4.52. The maximum atomic E-state index is 13.2. The van der Waals surface area contributed by atoms with E-state index >= 15 is 0 Å². The smallest absolute Gasteiger partial charge is 1.00 e. The van der Waals surface area contributed by atoms with E-state index in [-0.39, 0.29) is 42.5 Å². The number of carboxylic acids is 1. The van der Waals surface area contributed by atoms with E-state index in [2.05, 4.69) is 0 Å². The predicted molar refractivity (Wildman–Crippen MR) is 108 cm³/mol. The van der Waals surface area contributed by atoms with Gasteiger partial charge < -0.3 is 16.0 Å². The Morgan fingerprint density at radius 3 is 2.30 bits per heavy atom. The monoisotopic (exact) mass is 439 g/mol. The summed E-state index contributed by atoms with van der Waals surface area (Å²) in [5.41, 5.74) is 1.40. The molecule has 0 amide bonds. The zero-order valence-electron chi connectivity index (χ0n) is 17.9. The second-order valence-electron chi connectivity index (χ2n) is 6.36. The van der Waals surface area contributed by atoms with Crippen LogP contribution in [-0.2, 0) is 14.3 Å². The van der Waals surface area contributed by atoms with Crippen LogP contribution >= 0.6 is 11.6 Å². The van der Waals surface area contributed by atoms with Gasteiger partial charge in [0.15, 0.2) is 0 Å². The SMILES string of the molecule is COc1ccc2c(c1)c(C(OC(C)=O)C(=O)O)c(C)n2C(=O)c1ccc(Cl)cc1.[H-].[Na+]. The number of benzene rings is 2. The number of halogens is 1. The number of hydrogen-bond donors (Lipinski definition) is 1. The van der Waals surface area contributed by atoms with E-state index in [4.69, 9.17) is 21.1 Å². The van der Waals surface area contributed by atoms with Gasteiger partial charge in [0.1, 0.15) is 5.75 Å². The first-order valence-electron chi connectivity index (χ1n) is 8.63. The number of hydrogen-bond acceptors (Lipinski definition) is 5. The molecule has 152 valence electrons. The largest absolute Gasteiger partial charge is 1.00 e. The number of aromatic nitrogens is 1. The molecule has 7 nitrogen and oxygen atoms in total. The van der Waals surface area contributed by atoms with Gasteiger partial charge in [-0.25, -0.2) is 4.79 Å². The van der Waals surface area contributed by atoms with Gasteiger partial charge >= 0.3 is 41.5 Å². The summed E-state index contributed by atoms with van der Waals surface area (Å²) in [6.07, 6.45) is -1.57. The summed E-state index contributed by atoms with van der Waals surface area (Å²) >= 11 is 5.91. The van der Waals surface area contributed by atoms with E-state index in [1.807, 2.05) is 0 Å². The van der Waals surface area contributed by atoms with E-state index in [1.165, 1.54) is 11.7 Å². The van der Waals surface area contributed by atoms with Gasteiger partial charge in [-0.05, 0) is 49.4 Å². The summed E-state index contributed by atoms with van der Waals surface area (Å²) in [5, 5.41) is 10.6. The molecule has 1 aromatic heterocycles. The minimum atomic E-state index is -1.57. The number of esters is 1. The van der Waals surface area contributed by atoms with Crippen molar-refractivity contribution >= 4 is 40.3 Å². The van der Waals surface area contributed by atoms with Crippen LogP contribution in [0.15, 0.2) is 42.5 Å². The van der Waals surface area contributed by atoms with Gasteiger partial charge in [0.05, 0.1) is 12.6 Å². The summed E-state index contributed by atoms with van der Waals surface area (Å²) in [4.78, 5) is 36.6. The van der Waals surface area contributed by atoms with Crippen molar-refractivity contribution in [3.8, 4) is 5.75 Å². The van der Waals surface area contributed by atoms with Crippen LogP contribution in [-0.4, -0.2) is 34.6 Å². The average molecular weight is 440 g/mol. The van der Waals surface area contributed by atoms with Crippen molar-refractivity contribution in [3.63, 3.8) is 0 Å². The van der Waals surface area contributed by atoms with Gasteiger partial charge in [0, 0.05) is 34.2 Å². The van der Waals surface area contributed by atoms with Crippen LogP contribution in [0.3, 0.4) is 0 Å². The maximum Gasteiger partial charge on any atom is 1.00 e. The number of fused-ring (bicyclic) bond motifs is 1. The zero-order valence-corrected chi connectivity index (χ0v) is 19.7. The summed E-state index contributed by atoms with van der Waals surface area (Å²) in [6.45, 7) is 2.74. The Bertz CT molecular complexity index is 1130. The molecule has 0 saturated carbocycles. The van der Waals surface area contributed by atoms with Crippen LogP contribution in [0, 0.1) is 6.92 Å². The van der Waals surface area contributed by atoms with Crippen LogP contribution in [0.25, 0.3) is 10.9 Å². The fraction of sp³-hybridized carbons (Fsp3) is 0.190. The Balaban J connectivity index is 0.00000240. The summed E-state index contributed by atoms with van der Waals surface area (Å²) in [5.74, 6) is -1.98. The van der Waals surface area contributed by atoms with Gasteiger partial charge in [-0.2, -0.15) is 0 Å². The van der Waals surface area contributed by atoms with Gasteiger partial charge in [0.2, 0.25) is 6.10 Å². The second-order valence-corrected chi connectivity index (χ2v) is 6.79. The van der Waals surface area contributed by atoms with E-state index in [0.717, 1.165) is 6.92 Å². The van der Waals surface area contributed by atoms with Crippen LogP contribution in [0.1, 0.15) is 36.1 Å². The van der Waals surface area contributed by atoms with Crippen LogP contribution in [0.5, 0.6) is 5.75 Å². The van der Waals surface area contributed by atoms with Crippen molar-refractivity contribution in [3.05, 3.63) is 64.3 Å². The molecule has 2 aromatic carbocycles. The fourth-order valence-electron chi connectivity index (χ4n) is 3.26. The number of ether oxygens (including phenoxy) is 2. The number of aliphatic carboxylic acids is 1. The predicted octanol–water partition coefficient (Wildman–Crippen LogP) is 1.11. The fourth-order valence-corrected chi connectivity index (χ4v) is 3.39. The molecule has 1 atom stereocenters. The van der Waals surface area contributed by atoms with Gasteiger partial charge in [0.25, 0.3) is 5.91 Å². The van der Waals surface area contributed by atoms with E-state index in [9.17, 15) is 19.5 Å². The molecule has 3 aromatic rings. The number of rotatable bonds is 5. The van der Waals surface area contributed by atoms with Crippen molar-refractivity contribution in [2.45, 2.75) is 20.0 Å². The normalized spacial score (nSPS) is 11.5. The molecule has 1 N–H and O–H groups in total. The first kappa shape index (κ1) is 24.0. The van der Waals surface area contributed by atoms with Crippen molar-refractivity contribution in [2.24, 2.45) is 0 Å². The van der Waals surface area contributed by atoms with E-state index < -0.39 is 18.0 Å². The second kappa shape index (κ2) is 9.66. The first-order chi connectivity index (χ1) is 13.7. The van der Waals surface area contributed by atoms with Gasteiger partial charge in [-0.15, -0.1) is 0 Å². The Hall–Kier alpha value is -2.32. The quantitative estimate of drug-likeness (QED) is 0.472. The van der Waals surface area contributed by atoms with Crippen molar-refractivity contribution in [2.75, 3.05) is 7.11 Å². The van der Waals surface area contributed by atoms with Gasteiger partial charge in [-0.1, -0.05) is 11.6 Å². The molecule has 0 aliphatic heterocycles. The third kappa shape index (κ3) is 4.54. The molecule has 0 aliphatic rings. The van der Waals surface area contributed by atoms with Crippen LogP contribution < -0.4 is 34.3 Å². The van der Waals surface area contributed by atoms with Crippen molar-refractivity contribution in [1.29, 1.82) is 0 Å². The molecular weight excluding hydrogens is 421 g/mol. The molecule has 0 radical (unpaired) electrons. The molecule has 0 fully saturated rings. The Morgan fingerprint density at radius 1 is 1.13 bits per heavy atom. The molecular formula is C21H19ClNNaO6. The van der Waals surface area contributed by atoms with Crippen molar-refractivity contribution in [1.82, 2.24) is 4.57 Å². The van der Waals surface area contributed by atoms with Gasteiger partial charge in [-0.3, -0.25) is 14.2 Å². The molecule has 0 saturated heterocycles. The molecule has 0 bridgehead atoms. The molecule has 3 rings (SSSR count). The topological polar surface area (TPSA) is 94.8 Å². The molecule has 0 aliphatic carbocycles. The van der Waals surface area contributed by atoms with E-state index in [0.29, 0.717) is 32.9 Å². The van der Waals surface area contributed by atoms with Crippen LogP contribution in [0.2, 0.25) is 5.02 Å². The third-order valence-corrected chi connectivity index (χ3v) is 4.78. The number of carbonyl (C=O) groups is 3. The number of carbonyl (C=O) groups excluding carboxylic acids is 2. The molecule has 9 heteroatoms. The summed E-state index contributed by atoms with van der Waals surface area (Å²) in [7, 11) is 1.48. The average Bonchev–Trinajstić information content (AvgIpc) is 2.96. The number of nitrogens with zero attached hydrogens (tertiary/aromatic N) is 1. The molecule has 30 heavy (non-hydrogen) atoms. The number of carboxylic acid groups (broad SMARTS) is 1. The molecule has 1 unspecified atom stereocenters. The minimum absolute atomic E-state index is 0. The molecule has 0 spiro atoms. The number of methoxy groups -OCH3 is 1. The standard InChI is InChI=1S/C21H18ClNO6.Na.H/c1-11-18(19(21(26)27)29-12(2)24)16-10-15(28-3)8-9-17(16)23(11)20(25)13-4-6-14(22)7-5-13;;/h4-10,19H,1-3H3,(H,26,27);;/q;+1;-1. The molecule has 1 heterocycles. The van der Waals surface area contributed by atoms with E-state index in [1.54, 1.807) is 49.4 Å². The van der Waals surface area contributed by atoms with Crippen molar-refractivity contribution < 1.29 is 59.9 Å². The Morgan fingerprint density at radius 2 is 1.77 bits per heavy atom. The zero-order chi connectivity index (χ0) is 21.3. The van der Waals surface area contributed by atoms with Crippen LogP contribution in [0.4, 0.5) is 0 Å². The minimum Gasteiger partial charge on any atom is -1.00 e. The summed E-state index contributed by atoms with van der Waals surface area (Å²) in [6, 6.07) is 11.3.